The van der Waals surface area contributed by atoms with Crippen molar-refractivity contribution in [3.63, 3.8) is 0 Å². The first kappa shape index (κ1) is 16.5. The van der Waals surface area contributed by atoms with Crippen LogP contribution in [0.1, 0.15) is 11.1 Å². The highest BCUT2D eigenvalue weighted by atomic mass is 35.5. The van der Waals surface area contributed by atoms with E-state index in [1.807, 2.05) is 54.6 Å². The van der Waals surface area contributed by atoms with Crippen LogP contribution in [-0.4, -0.2) is 5.84 Å². The average molecular weight is 275 g/mol. The fourth-order valence-electron chi connectivity index (χ4n) is 1.20. The molecule has 0 aliphatic carbocycles. The topological polar surface area (TPSA) is 88.2 Å². The smallest absolute Gasteiger partial charge is 0.150 e. The van der Waals surface area contributed by atoms with Crippen molar-refractivity contribution in [2.24, 2.45) is 16.7 Å². The Bertz CT molecular complexity index is 532. The molecule has 4 nitrogen and oxygen atoms in total. The molecule has 5 heteroatoms. The number of rotatable bonds is 1. The average Bonchev–Trinajstić information content (AvgIpc) is 2.49. The molecule has 0 saturated carbocycles. The predicted octanol–water partition coefficient (Wildman–Crippen LogP) is 2.25. The molecule has 2 aromatic carbocycles. The van der Waals surface area contributed by atoms with Gasteiger partial charge in [0.15, 0.2) is 0 Å². The van der Waals surface area contributed by atoms with E-state index in [9.17, 15) is 0 Å². The SMILES string of the molecule is Cl.N#Cc1ccccc1.NN=C(N)c1ccccc1. The van der Waals surface area contributed by atoms with Crippen LogP contribution in [-0.2, 0) is 0 Å². The number of halogens is 1. The number of hydrogen-bond acceptors (Lipinski definition) is 3. The van der Waals surface area contributed by atoms with E-state index >= 15 is 0 Å². The third-order valence-corrected chi connectivity index (χ3v) is 2.11. The molecule has 0 fully saturated rings. The monoisotopic (exact) mass is 274 g/mol. The van der Waals surface area contributed by atoms with Gasteiger partial charge < -0.3 is 11.6 Å². The Kier molecular flexibility index (Phi) is 8.26. The molecule has 0 amide bonds. The lowest BCUT2D eigenvalue weighted by molar-refractivity contribution is 1.23. The molecule has 19 heavy (non-hydrogen) atoms. The van der Waals surface area contributed by atoms with Gasteiger partial charge in [0, 0.05) is 5.56 Å². The van der Waals surface area contributed by atoms with Crippen LogP contribution in [0.15, 0.2) is 65.8 Å². The molecule has 4 N–H and O–H groups in total. The van der Waals surface area contributed by atoms with Crippen LogP contribution >= 0.6 is 12.4 Å². The van der Waals surface area contributed by atoms with Crippen LogP contribution in [0.5, 0.6) is 0 Å². The van der Waals surface area contributed by atoms with E-state index in [-0.39, 0.29) is 12.4 Å². The molecule has 2 rings (SSSR count). The largest absolute Gasteiger partial charge is 0.382 e. The molecular weight excluding hydrogens is 260 g/mol. The van der Waals surface area contributed by atoms with E-state index in [0.717, 1.165) is 5.56 Å². The molecule has 0 unspecified atom stereocenters. The van der Waals surface area contributed by atoms with Crippen LogP contribution in [0, 0.1) is 11.3 Å². The summed E-state index contributed by atoms with van der Waals surface area (Å²) in [4.78, 5) is 0. The molecule has 0 saturated heterocycles. The van der Waals surface area contributed by atoms with Crippen LogP contribution in [0.25, 0.3) is 0 Å². The third-order valence-electron chi connectivity index (χ3n) is 2.11. The molecule has 2 aromatic rings. The maximum Gasteiger partial charge on any atom is 0.150 e. The number of nitrogens with zero attached hydrogens (tertiary/aromatic N) is 2. The van der Waals surface area contributed by atoms with Gasteiger partial charge in [-0.1, -0.05) is 48.5 Å². The first-order chi connectivity index (χ1) is 8.77. The molecular formula is C14H15ClN4. The van der Waals surface area contributed by atoms with Crippen molar-refractivity contribution in [3.8, 4) is 6.07 Å². The standard InChI is InChI=1S/C7H9N3.C7H5N.ClH/c8-7(10-9)6-4-2-1-3-5-6;8-6-7-4-2-1-3-5-7;/h1-5H,9H2,(H2,8,10);1-5H;1H. The maximum atomic E-state index is 8.29. The summed E-state index contributed by atoms with van der Waals surface area (Å²) in [5, 5.41) is 11.6. The summed E-state index contributed by atoms with van der Waals surface area (Å²) in [6, 6.07) is 20.5. The lowest BCUT2D eigenvalue weighted by Crippen LogP contribution is -2.14. The predicted molar refractivity (Wildman–Crippen MR) is 79.8 cm³/mol. The van der Waals surface area contributed by atoms with Crippen LogP contribution in [0.3, 0.4) is 0 Å². The highest BCUT2D eigenvalue weighted by molar-refractivity contribution is 5.97. The fourth-order valence-corrected chi connectivity index (χ4v) is 1.20. The highest BCUT2D eigenvalue weighted by Gasteiger charge is 1.92. The highest BCUT2D eigenvalue weighted by Crippen LogP contribution is 1.95. The van der Waals surface area contributed by atoms with Crippen molar-refractivity contribution >= 4 is 18.2 Å². The molecule has 0 radical (unpaired) electrons. The van der Waals surface area contributed by atoms with E-state index in [1.54, 1.807) is 12.1 Å². The van der Waals surface area contributed by atoms with Crippen molar-refractivity contribution in [3.05, 3.63) is 71.8 Å². The van der Waals surface area contributed by atoms with Gasteiger partial charge in [0.2, 0.25) is 0 Å². The Morgan fingerprint density at radius 3 is 1.79 bits per heavy atom. The Morgan fingerprint density at radius 1 is 0.947 bits per heavy atom. The molecule has 0 bridgehead atoms. The summed E-state index contributed by atoms with van der Waals surface area (Å²) in [7, 11) is 0. The minimum atomic E-state index is 0. The van der Waals surface area contributed by atoms with Gasteiger partial charge in [0.25, 0.3) is 0 Å². The van der Waals surface area contributed by atoms with Gasteiger partial charge in [-0.05, 0) is 12.1 Å². The number of benzene rings is 2. The Morgan fingerprint density at radius 2 is 1.42 bits per heavy atom. The lowest BCUT2D eigenvalue weighted by Gasteiger charge is -1.95. The van der Waals surface area contributed by atoms with Crippen molar-refractivity contribution in [1.29, 1.82) is 5.26 Å². The molecule has 0 spiro atoms. The molecule has 0 aliphatic heterocycles. The van der Waals surface area contributed by atoms with Gasteiger partial charge in [-0.3, -0.25) is 0 Å². The fraction of sp³-hybridized carbons (Fsp3) is 0. The summed E-state index contributed by atoms with van der Waals surface area (Å²) in [6.45, 7) is 0. The third kappa shape index (κ3) is 6.10. The second-order valence-corrected chi connectivity index (χ2v) is 3.36. The minimum absolute atomic E-state index is 0. The Labute approximate surface area is 118 Å². The number of nitriles is 1. The van der Waals surface area contributed by atoms with Crippen molar-refractivity contribution in [2.45, 2.75) is 0 Å². The second kappa shape index (κ2) is 9.51. The molecule has 0 heterocycles. The summed E-state index contributed by atoms with van der Waals surface area (Å²) in [5.41, 5.74) is 6.99. The van der Waals surface area contributed by atoms with Gasteiger partial charge in [-0.15, -0.1) is 12.4 Å². The summed E-state index contributed by atoms with van der Waals surface area (Å²) >= 11 is 0. The summed E-state index contributed by atoms with van der Waals surface area (Å²) in [5.74, 6) is 5.33. The van der Waals surface area contributed by atoms with E-state index < -0.39 is 0 Å². The molecule has 0 aromatic heterocycles. The summed E-state index contributed by atoms with van der Waals surface area (Å²) < 4.78 is 0. The number of hydrogen-bond donors (Lipinski definition) is 2. The number of amidine groups is 1. The van der Waals surface area contributed by atoms with Gasteiger partial charge in [0.05, 0.1) is 11.6 Å². The second-order valence-electron chi connectivity index (χ2n) is 3.36. The van der Waals surface area contributed by atoms with E-state index in [1.165, 1.54) is 0 Å². The van der Waals surface area contributed by atoms with Crippen LogP contribution in [0.4, 0.5) is 0 Å². The molecule has 98 valence electrons. The Hall–Kier alpha value is -2.51. The van der Waals surface area contributed by atoms with Gasteiger partial charge in [-0.2, -0.15) is 10.4 Å². The van der Waals surface area contributed by atoms with Gasteiger partial charge in [-0.25, -0.2) is 0 Å². The van der Waals surface area contributed by atoms with E-state index in [4.69, 9.17) is 16.8 Å². The number of nitrogens with two attached hydrogens (primary N) is 2. The zero-order chi connectivity index (χ0) is 13.2. The van der Waals surface area contributed by atoms with Crippen molar-refractivity contribution < 1.29 is 0 Å². The number of hydrazone groups is 1. The molecule has 0 atom stereocenters. The summed E-state index contributed by atoms with van der Waals surface area (Å²) in [6.07, 6.45) is 0. The first-order valence-corrected chi connectivity index (χ1v) is 5.32. The van der Waals surface area contributed by atoms with Crippen molar-refractivity contribution in [1.82, 2.24) is 0 Å². The van der Waals surface area contributed by atoms with E-state index in [0.29, 0.717) is 11.4 Å². The first-order valence-electron chi connectivity index (χ1n) is 5.32. The maximum absolute atomic E-state index is 8.29. The zero-order valence-corrected chi connectivity index (χ0v) is 11.0. The normalized spacial score (nSPS) is 9.32. The van der Waals surface area contributed by atoms with Gasteiger partial charge >= 0.3 is 0 Å². The van der Waals surface area contributed by atoms with E-state index in [2.05, 4.69) is 5.10 Å². The zero-order valence-electron chi connectivity index (χ0n) is 10.2. The quantitative estimate of drug-likeness (QED) is 0.362. The molecule has 0 aliphatic rings. The Balaban J connectivity index is 0.000000331. The van der Waals surface area contributed by atoms with Crippen LogP contribution in [0.2, 0.25) is 0 Å². The van der Waals surface area contributed by atoms with Crippen molar-refractivity contribution in [2.75, 3.05) is 0 Å². The minimum Gasteiger partial charge on any atom is -0.382 e. The lowest BCUT2D eigenvalue weighted by atomic mass is 10.2. The van der Waals surface area contributed by atoms with Crippen LogP contribution < -0.4 is 11.6 Å². The van der Waals surface area contributed by atoms with Gasteiger partial charge in [0.1, 0.15) is 5.84 Å².